The van der Waals surface area contributed by atoms with Crippen molar-refractivity contribution in [3.8, 4) is 5.75 Å². The Balaban J connectivity index is 1.44. The van der Waals surface area contributed by atoms with E-state index in [1.807, 2.05) is 41.3 Å². The Hall–Kier alpha value is -1.81. The number of hydrogen-bond acceptors (Lipinski definition) is 3. The van der Waals surface area contributed by atoms with E-state index in [0.717, 1.165) is 38.1 Å². The van der Waals surface area contributed by atoms with Crippen molar-refractivity contribution < 1.29 is 9.53 Å². The van der Waals surface area contributed by atoms with Crippen LogP contribution in [-0.2, 0) is 11.2 Å². The van der Waals surface area contributed by atoms with E-state index in [1.165, 1.54) is 4.88 Å². The molecule has 0 N–H and O–H groups in total. The zero-order chi connectivity index (χ0) is 15.9. The molecule has 1 atom stereocenters. The minimum Gasteiger partial charge on any atom is -0.493 e. The SMILES string of the molecule is O=C(CCc1cccs1)N1CCCC(COc2ccccc2)C1. The third-order valence-corrected chi connectivity index (χ3v) is 5.20. The molecule has 0 aliphatic carbocycles. The van der Waals surface area contributed by atoms with Crippen molar-refractivity contribution in [2.75, 3.05) is 19.7 Å². The Labute approximate surface area is 141 Å². The van der Waals surface area contributed by atoms with Crippen molar-refractivity contribution in [2.24, 2.45) is 5.92 Å². The van der Waals surface area contributed by atoms with Crippen LogP contribution in [0.3, 0.4) is 0 Å². The lowest BCUT2D eigenvalue weighted by Crippen LogP contribution is -2.41. The second-order valence-corrected chi connectivity index (χ2v) is 7.08. The van der Waals surface area contributed by atoms with Crippen LogP contribution in [0, 0.1) is 5.92 Å². The molecule has 1 aliphatic rings. The molecule has 23 heavy (non-hydrogen) atoms. The fourth-order valence-corrected chi connectivity index (χ4v) is 3.71. The lowest BCUT2D eigenvalue weighted by atomic mass is 9.98. The van der Waals surface area contributed by atoms with Gasteiger partial charge in [0.1, 0.15) is 5.75 Å². The minimum absolute atomic E-state index is 0.280. The number of amides is 1. The van der Waals surface area contributed by atoms with Gasteiger partial charge in [-0.25, -0.2) is 0 Å². The van der Waals surface area contributed by atoms with E-state index in [2.05, 4.69) is 11.4 Å². The molecule has 0 saturated carbocycles. The second-order valence-electron chi connectivity index (χ2n) is 6.05. The normalized spacial score (nSPS) is 17.9. The van der Waals surface area contributed by atoms with Gasteiger partial charge in [0.05, 0.1) is 6.61 Å². The molecule has 122 valence electrons. The summed E-state index contributed by atoms with van der Waals surface area (Å²) in [5, 5.41) is 2.07. The highest BCUT2D eigenvalue weighted by Crippen LogP contribution is 2.20. The van der Waals surface area contributed by atoms with Crippen molar-refractivity contribution in [2.45, 2.75) is 25.7 Å². The molecule has 1 unspecified atom stereocenters. The van der Waals surface area contributed by atoms with Crippen LogP contribution in [0.2, 0.25) is 0 Å². The quantitative estimate of drug-likeness (QED) is 0.802. The van der Waals surface area contributed by atoms with Crippen LogP contribution in [0.4, 0.5) is 0 Å². The third-order valence-electron chi connectivity index (χ3n) is 4.27. The van der Waals surface area contributed by atoms with Crippen LogP contribution in [0.15, 0.2) is 47.8 Å². The standard InChI is InChI=1S/C19H23NO2S/c21-19(11-10-18-9-5-13-23-18)20-12-4-6-16(14-20)15-22-17-7-2-1-3-8-17/h1-3,5,7-9,13,16H,4,6,10-12,14-15H2. The second kappa shape index (κ2) is 8.16. The van der Waals surface area contributed by atoms with Crippen LogP contribution in [0.1, 0.15) is 24.1 Å². The van der Waals surface area contributed by atoms with Gasteiger partial charge in [0, 0.05) is 30.3 Å². The summed E-state index contributed by atoms with van der Waals surface area (Å²) in [7, 11) is 0. The summed E-state index contributed by atoms with van der Waals surface area (Å²) >= 11 is 1.73. The zero-order valence-corrected chi connectivity index (χ0v) is 14.1. The number of hydrogen-bond donors (Lipinski definition) is 0. The summed E-state index contributed by atoms with van der Waals surface area (Å²) < 4.78 is 5.86. The first-order chi connectivity index (χ1) is 11.3. The molecule has 1 aromatic carbocycles. The number of para-hydroxylation sites is 1. The van der Waals surface area contributed by atoms with E-state index in [9.17, 15) is 4.79 Å². The minimum atomic E-state index is 0.280. The number of piperidine rings is 1. The summed E-state index contributed by atoms with van der Waals surface area (Å²) in [4.78, 5) is 15.7. The maximum Gasteiger partial charge on any atom is 0.222 e. The van der Waals surface area contributed by atoms with Gasteiger partial charge >= 0.3 is 0 Å². The van der Waals surface area contributed by atoms with E-state index in [-0.39, 0.29) is 5.91 Å². The number of ether oxygens (including phenoxy) is 1. The molecule has 3 rings (SSSR count). The van der Waals surface area contributed by atoms with Crippen molar-refractivity contribution in [3.05, 3.63) is 52.7 Å². The Morgan fingerprint density at radius 2 is 2.09 bits per heavy atom. The van der Waals surface area contributed by atoms with E-state index < -0.39 is 0 Å². The summed E-state index contributed by atoms with van der Waals surface area (Å²) in [6.45, 7) is 2.42. The summed E-state index contributed by atoms with van der Waals surface area (Å²) in [6, 6.07) is 14.1. The summed E-state index contributed by atoms with van der Waals surface area (Å²) in [6.07, 6.45) is 3.69. The van der Waals surface area contributed by atoms with Crippen LogP contribution >= 0.6 is 11.3 Å². The Bertz CT molecular complexity index is 597. The molecule has 3 nitrogen and oxygen atoms in total. The van der Waals surface area contributed by atoms with Crippen LogP contribution in [0.25, 0.3) is 0 Å². The van der Waals surface area contributed by atoms with Gasteiger partial charge in [-0.1, -0.05) is 24.3 Å². The smallest absolute Gasteiger partial charge is 0.222 e. The molecule has 2 heterocycles. The highest BCUT2D eigenvalue weighted by atomic mass is 32.1. The van der Waals surface area contributed by atoms with Gasteiger partial charge in [0.15, 0.2) is 0 Å². The number of carbonyl (C=O) groups excluding carboxylic acids is 1. The van der Waals surface area contributed by atoms with Gasteiger partial charge in [0.25, 0.3) is 0 Å². The Morgan fingerprint density at radius 3 is 2.87 bits per heavy atom. The van der Waals surface area contributed by atoms with Gasteiger partial charge < -0.3 is 9.64 Å². The lowest BCUT2D eigenvalue weighted by Gasteiger charge is -2.32. The summed E-state index contributed by atoms with van der Waals surface area (Å²) in [5.74, 6) is 1.63. The van der Waals surface area contributed by atoms with Crippen molar-refractivity contribution in [1.82, 2.24) is 4.90 Å². The van der Waals surface area contributed by atoms with Crippen molar-refractivity contribution in [3.63, 3.8) is 0 Å². The Morgan fingerprint density at radius 1 is 1.22 bits per heavy atom. The predicted octanol–water partition coefficient (Wildman–Crippen LogP) is 4.00. The molecule has 1 aromatic heterocycles. The van der Waals surface area contributed by atoms with Gasteiger partial charge in [-0.15, -0.1) is 11.3 Å². The molecule has 1 aliphatic heterocycles. The van der Waals surface area contributed by atoms with Crippen molar-refractivity contribution >= 4 is 17.2 Å². The van der Waals surface area contributed by atoms with E-state index in [4.69, 9.17) is 4.74 Å². The number of thiophene rings is 1. The largest absolute Gasteiger partial charge is 0.493 e. The molecule has 1 saturated heterocycles. The molecule has 4 heteroatoms. The number of rotatable bonds is 6. The topological polar surface area (TPSA) is 29.5 Å². The molecule has 0 radical (unpaired) electrons. The molecule has 1 fully saturated rings. The van der Waals surface area contributed by atoms with Gasteiger partial charge in [-0.05, 0) is 42.8 Å². The fraction of sp³-hybridized carbons (Fsp3) is 0.421. The zero-order valence-electron chi connectivity index (χ0n) is 13.3. The summed E-state index contributed by atoms with van der Waals surface area (Å²) in [5.41, 5.74) is 0. The average molecular weight is 329 g/mol. The van der Waals surface area contributed by atoms with E-state index >= 15 is 0 Å². The molecule has 1 amide bonds. The molecule has 0 bridgehead atoms. The molecular formula is C19H23NO2S. The first-order valence-corrected chi connectivity index (χ1v) is 9.17. The highest BCUT2D eigenvalue weighted by Gasteiger charge is 2.23. The number of aryl methyl sites for hydroxylation is 1. The van der Waals surface area contributed by atoms with E-state index in [0.29, 0.717) is 18.9 Å². The highest BCUT2D eigenvalue weighted by molar-refractivity contribution is 7.09. The van der Waals surface area contributed by atoms with Crippen LogP contribution in [0.5, 0.6) is 5.75 Å². The maximum absolute atomic E-state index is 12.4. The van der Waals surface area contributed by atoms with Crippen LogP contribution in [-0.4, -0.2) is 30.5 Å². The molecule has 2 aromatic rings. The first kappa shape index (κ1) is 16.1. The lowest BCUT2D eigenvalue weighted by molar-refractivity contribution is -0.133. The monoisotopic (exact) mass is 329 g/mol. The van der Waals surface area contributed by atoms with E-state index in [1.54, 1.807) is 11.3 Å². The molecule has 0 spiro atoms. The number of benzene rings is 1. The average Bonchev–Trinajstić information content (AvgIpc) is 3.12. The maximum atomic E-state index is 12.4. The number of carbonyl (C=O) groups is 1. The van der Waals surface area contributed by atoms with Gasteiger partial charge in [-0.3, -0.25) is 4.79 Å². The Kier molecular flexibility index (Phi) is 5.70. The fourth-order valence-electron chi connectivity index (χ4n) is 3.00. The number of nitrogens with zero attached hydrogens (tertiary/aromatic N) is 1. The predicted molar refractivity (Wildman–Crippen MR) is 93.9 cm³/mol. The first-order valence-electron chi connectivity index (χ1n) is 8.29. The van der Waals surface area contributed by atoms with Crippen LogP contribution < -0.4 is 4.74 Å². The van der Waals surface area contributed by atoms with Crippen molar-refractivity contribution in [1.29, 1.82) is 0 Å². The number of likely N-dealkylation sites (tertiary alicyclic amines) is 1. The third kappa shape index (κ3) is 4.83. The molecular weight excluding hydrogens is 306 g/mol. The van der Waals surface area contributed by atoms with Gasteiger partial charge in [0.2, 0.25) is 5.91 Å². The van der Waals surface area contributed by atoms with Gasteiger partial charge in [-0.2, -0.15) is 0 Å².